The summed E-state index contributed by atoms with van der Waals surface area (Å²) >= 11 is 1.70. The Kier molecular flexibility index (Phi) is 4.08. The van der Waals surface area contributed by atoms with Crippen LogP contribution in [0, 0.1) is 25.7 Å². The van der Waals surface area contributed by atoms with Gasteiger partial charge in [-0.2, -0.15) is 0 Å². The molecule has 3 aliphatic rings. The van der Waals surface area contributed by atoms with Crippen LogP contribution in [-0.2, 0) is 9.59 Å². The third kappa shape index (κ3) is 2.53. The minimum Gasteiger partial charge on any atom is -0.368 e. The van der Waals surface area contributed by atoms with E-state index in [1.165, 1.54) is 10.4 Å². The lowest BCUT2D eigenvalue weighted by Gasteiger charge is -2.55. The molecule has 2 aromatic rings. The Balaban J connectivity index is 1.56. The van der Waals surface area contributed by atoms with Crippen LogP contribution >= 0.6 is 11.3 Å². The molecule has 3 fully saturated rings. The average molecular weight is 400 g/mol. The van der Waals surface area contributed by atoms with E-state index in [1.54, 1.807) is 17.7 Å². The smallest absolute Gasteiger partial charge is 0.240 e. The third-order valence-electron chi connectivity index (χ3n) is 6.88. The highest BCUT2D eigenvalue weighted by atomic mass is 32.1. The normalized spacial score (nSPS) is 29.9. The predicted octanol–water partition coefficient (Wildman–Crippen LogP) is 2.00. The SMILES string of the molecule is Cc1sc2ncnc(N3C[C@@H]4C[C@H](C3)[C@H](C(N)=O)N3C(=O)CCC[C@@H]43)c2c1C. The molecule has 0 aliphatic carbocycles. The Morgan fingerprint density at radius 2 is 2.04 bits per heavy atom. The van der Waals surface area contributed by atoms with Crippen LogP contribution in [0.1, 0.15) is 36.1 Å². The number of rotatable bonds is 2. The topological polar surface area (TPSA) is 92.4 Å². The average Bonchev–Trinajstić information content (AvgIpc) is 2.96. The minimum atomic E-state index is -0.500. The summed E-state index contributed by atoms with van der Waals surface area (Å²) in [6.07, 6.45) is 4.97. The van der Waals surface area contributed by atoms with E-state index >= 15 is 0 Å². The van der Waals surface area contributed by atoms with Gasteiger partial charge in [-0.05, 0) is 44.6 Å². The van der Waals surface area contributed by atoms with E-state index in [2.05, 4.69) is 28.7 Å². The Labute approximate surface area is 167 Å². The number of primary amides is 1. The Morgan fingerprint density at radius 1 is 1.25 bits per heavy atom. The number of nitrogens with two attached hydrogens (primary N) is 1. The van der Waals surface area contributed by atoms with Gasteiger partial charge < -0.3 is 15.5 Å². The van der Waals surface area contributed by atoms with Gasteiger partial charge in [0, 0.05) is 36.3 Å². The van der Waals surface area contributed by atoms with Crippen molar-refractivity contribution >= 4 is 39.2 Å². The fourth-order valence-electron chi connectivity index (χ4n) is 5.60. The number of carbonyl (C=O) groups excluding carboxylic acids is 2. The van der Waals surface area contributed by atoms with E-state index in [1.807, 2.05) is 4.90 Å². The van der Waals surface area contributed by atoms with Crippen LogP contribution in [0.25, 0.3) is 10.2 Å². The van der Waals surface area contributed by atoms with E-state index in [-0.39, 0.29) is 23.8 Å². The van der Waals surface area contributed by atoms with E-state index in [0.717, 1.165) is 41.8 Å². The quantitative estimate of drug-likeness (QED) is 0.834. The lowest BCUT2D eigenvalue weighted by Crippen LogP contribution is -2.68. The van der Waals surface area contributed by atoms with Gasteiger partial charge in [-0.3, -0.25) is 9.59 Å². The van der Waals surface area contributed by atoms with E-state index in [9.17, 15) is 9.59 Å². The van der Waals surface area contributed by atoms with Gasteiger partial charge in [0.15, 0.2) is 0 Å². The van der Waals surface area contributed by atoms with Gasteiger partial charge in [0.05, 0.1) is 5.39 Å². The zero-order chi connectivity index (χ0) is 19.6. The number of hydrogen-bond donors (Lipinski definition) is 1. The standard InChI is InChI=1S/C20H25N5O2S/c1-10-11(2)28-20-16(10)19(22-9-23-20)24-7-12-6-13(8-24)17(18(21)27)25-14(12)4-3-5-15(25)26/h9,12-14,17H,3-8H2,1-2H3,(H2,21,27)/t12-,13+,14-,17+/m0/s1. The molecule has 5 rings (SSSR count). The molecule has 2 aromatic heterocycles. The van der Waals surface area contributed by atoms with Gasteiger partial charge in [0.1, 0.15) is 23.0 Å². The largest absolute Gasteiger partial charge is 0.368 e. The Hall–Kier alpha value is -2.22. The summed E-state index contributed by atoms with van der Waals surface area (Å²) < 4.78 is 0. The van der Waals surface area contributed by atoms with Gasteiger partial charge in [-0.25, -0.2) is 9.97 Å². The highest BCUT2D eigenvalue weighted by Crippen LogP contribution is 2.44. The molecular weight excluding hydrogens is 374 g/mol. The van der Waals surface area contributed by atoms with Crippen molar-refractivity contribution in [3.8, 4) is 0 Å². The van der Waals surface area contributed by atoms with Crippen LogP contribution in [-0.4, -0.2) is 51.9 Å². The van der Waals surface area contributed by atoms with Crippen molar-refractivity contribution in [3.05, 3.63) is 16.8 Å². The summed E-state index contributed by atoms with van der Waals surface area (Å²) in [6, 6.07) is -0.389. The molecule has 2 amide bonds. The number of hydrogen-bond acceptors (Lipinski definition) is 6. The highest BCUT2D eigenvalue weighted by molar-refractivity contribution is 7.18. The molecule has 28 heavy (non-hydrogen) atoms. The number of carbonyl (C=O) groups is 2. The number of fused-ring (bicyclic) bond motifs is 5. The maximum Gasteiger partial charge on any atom is 0.240 e. The monoisotopic (exact) mass is 399 g/mol. The molecule has 0 radical (unpaired) electrons. The van der Waals surface area contributed by atoms with Crippen molar-refractivity contribution < 1.29 is 9.59 Å². The fraction of sp³-hybridized carbons (Fsp3) is 0.600. The Morgan fingerprint density at radius 3 is 2.82 bits per heavy atom. The van der Waals surface area contributed by atoms with Gasteiger partial charge in [-0.15, -0.1) is 11.3 Å². The number of aromatic nitrogens is 2. The van der Waals surface area contributed by atoms with Crippen LogP contribution in [0.2, 0.25) is 0 Å². The van der Waals surface area contributed by atoms with Crippen molar-refractivity contribution in [2.24, 2.45) is 17.6 Å². The number of piperidine rings is 3. The zero-order valence-electron chi connectivity index (χ0n) is 16.2. The van der Waals surface area contributed by atoms with Crippen molar-refractivity contribution in [2.75, 3.05) is 18.0 Å². The molecule has 2 bridgehead atoms. The summed E-state index contributed by atoms with van der Waals surface area (Å²) in [6.45, 7) is 5.79. The summed E-state index contributed by atoms with van der Waals surface area (Å²) in [5.41, 5.74) is 7.03. The highest BCUT2D eigenvalue weighted by Gasteiger charge is 2.51. The molecule has 7 nitrogen and oxygen atoms in total. The summed E-state index contributed by atoms with van der Waals surface area (Å²) in [5, 5.41) is 1.12. The van der Waals surface area contributed by atoms with Gasteiger partial charge in [0.2, 0.25) is 11.8 Å². The molecule has 0 unspecified atom stereocenters. The first-order valence-electron chi connectivity index (χ1n) is 10.0. The molecule has 3 aliphatic heterocycles. The first-order chi connectivity index (χ1) is 13.5. The van der Waals surface area contributed by atoms with Crippen molar-refractivity contribution in [2.45, 2.75) is 51.6 Å². The van der Waals surface area contributed by atoms with Crippen molar-refractivity contribution in [3.63, 3.8) is 0 Å². The maximum absolute atomic E-state index is 12.6. The van der Waals surface area contributed by atoms with Crippen LogP contribution in [0.4, 0.5) is 5.82 Å². The second-order valence-electron chi connectivity index (χ2n) is 8.43. The molecule has 2 N–H and O–H groups in total. The van der Waals surface area contributed by atoms with Gasteiger partial charge in [0.25, 0.3) is 0 Å². The van der Waals surface area contributed by atoms with Crippen molar-refractivity contribution in [1.29, 1.82) is 0 Å². The molecule has 0 aromatic carbocycles. The number of nitrogens with zero attached hydrogens (tertiary/aromatic N) is 4. The number of amides is 2. The Bertz CT molecular complexity index is 973. The third-order valence-corrected chi connectivity index (χ3v) is 7.99. The number of thiophene rings is 1. The van der Waals surface area contributed by atoms with Gasteiger partial charge >= 0.3 is 0 Å². The van der Waals surface area contributed by atoms with Crippen LogP contribution < -0.4 is 10.6 Å². The lowest BCUT2D eigenvalue weighted by atomic mass is 9.72. The van der Waals surface area contributed by atoms with E-state index in [0.29, 0.717) is 18.9 Å². The van der Waals surface area contributed by atoms with Gasteiger partial charge in [-0.1, -0.05) is 0 Å². The minimum absolute atomic E-state index is 0.0552. The number of aryl methyl sites for hydroxylation is 2. The second-order valence-corrected chi connectivity index (χ2v) is 9.63. The summed E-state index contributed by atoms with van der Waals surface area (Å²) in [4.78, 5) is 40.5. The van der Waals surface area contributed by atoms with Crippen LogP contribution in [0.3, 0.4) is 0 Å². The molecule has 4 atom stereocenters. The molecule has 8 heteroatoms. The van der Waals surface area contributed by atoms with E-state index in [4.69, 9.17) is 5.73 Å². The molecular formula is C20H25N5O2S. The van der Waals surface area contributed by atoms with Crippen LogP contribution in [0.5, 0.6) is 0 Å². The van der Waals surface area contributed by atoms with Crippen LogP contribution in [0.15, 0.2) is 6.33 Å². The zero-order valence-corrected chi connectivity index (χ0v) is 17.0. The summed E-state index contributed by atoms with van der Waals surface area (Å²) in [7, 11) is 0. The molecule has 0 spiro atoms. The predicted molar refractivity (Wildman–Crippen MR) is 108 cm³/mol. The number of anilines is 1. The van der Waals surface area contributed by atoms with Crippen molar-refractivity contribution in [1.82, 2.24) is 14.9 Å². The first kappa shape index (κ1) is 17.8. The lowest BCUT2D eigenvalue weighted by molar-refractivity contribution is -0.155. The molecule has 0 saturated carbocycles. The first-order valence-corrected chi connectivity index (χ1v) is 10.8. The second kappa shape index (κ2) is 6.40. The molecule has 5 heterocycles. The molecule has 3 saturated heterocycles. The molecule has 148 valence electrons. The summed E-state index contributed by atoms with van der Waals surface area (Å²) in [5.74, 6) is 1.08. The maximum atomic E-state index is 12.6. The van der Waals surface area contributed by atoms with E-state index < -0.39 is 6.04 Å². The fourth-order valence-corrected chi connectivity index (χ4v) is 6.59.